The van der Waals surface area contributed by atoms with Gasteiger partial charge in [0.25, 0.3) is 0 Å². The third kappa shape index (κ3) is 7.18. The second-order valence-electron chi connectivity index (χ2n) is 3.77. The first kappa shape index (κ1) is 19.7. The highest BCUT2D eigenvalue weighted by atomic mass is 14.0. The van der Waals surface area contributed by atoms with E-state index in [1.165, 1.54) is 17.5 Å². The van der Waals surface area contributed by atoms with Crippen molar-refractivity contribution in [1.29, 1.82) is 0 Å². The van der Waals surface area contributed by atoms with E-state index in [-0.39, 0.29) is 22.3 Å². The van der Waals surface area contributed by atoms with E-state index >= 15 is 0 Å². The normalized spacial score (nSPS) is 8.53. The zero-order chi connectivity index (χ0) is 8.97. The van der Waals surface area contributed by atoms with Crippen molar-refractivity contribution in [2.24, 2.45) is 5.92 Å². The van der Waals surface area contributed by atoms with E-state index in [0.29, 0.717) is 0 Å². The maximum absolute atomic E-state index is 2.26. The molecule has 0 nitrogen and oxygen atoms in total. The SMILES string of the molecule is C.C.C.CCc1ccc(CC(C)C)cc1. The molecule has 0 radical (unpaired) electrons. The summed E-state index contributed by atoms with van der Waals surface area (Å²) in [6.07, 6.45) is 2.34. The fourth-order valence-corrected chi connectivity index (χ4v) is 1.38. The van der Waals surface area contributed by atoms with E-state index in [0.717, 1.165) is 12.3 Å². The molecular weight excluding hydrogens is 180 g/mol. The molecule has 0 aliphatic carbocycles. The van der Waals surface area contributed by atoms with Gasteiger partial charge in [-0.15, -0.1) is 0 Å². The fraction of sp³-hybridized carbons (Fsp3) is 0.600. The van der Waals surface area contributed by atoms with Gasteiger partial charge in [0.2, 0.25) is 0 Å². The zero-order valence-electron chi connectivity index (χ0n) is 8.30. The quantitative estimate of drug-likeness (QED) is 0.630. The van der Waals surface area contributed by atoms with Crippen LogP contribution in [0, 0.1) is 5.92 Å². The Balaban J connectivity index is -0.000000480. The van der Waals surface area contributed by atoms with E-state index in [1.54, 1.807) is 0 Å². The van der Waals surface area contributed by atoms with Crippen LogP contribution in [0.15, 0.2) is 24.3 Å². The van der Waals surface area contributed by atoms with E-state index < -0.39 is 0 Å². The Morgan fingerprint density at radius 3 is 1.60 bits per heavy atom. The van der Waals surface area contributed by atoms with E-state index in [4.69, 9.17) is 0 Å². The molecule has 0 atom stereocenters. The van der Waals surface area contributed by atoms with Crippen LogP contribution in [-0.4, -0.2) is 0 Å². The van der Waals surface area contributed by atoms with Gasteiger partial charge in [-0.3, -0.25) is 0 Å². The molecule has 0 saturated carbocycles. The molecular formula is C15H30. The molecule has 0 aliphatic rings. The summed E-state index contributed by atoms with van der Waals surface area (Å²) < 4.78 is 0. The van der Waals surface area contributed by atoms with Gasteiger partial charge in [0.1, 0.15) is 0 Å². The maximum Gasteiger partial charge on any atom is -0.0256 e. The Labute approximate surface area is 97.7 Å². The van der Waals surface area contributed by atoms with Crippen LogP contribution in [0.4, 0.5) is 0 Å². The van der Waals surface area contributed by atoms with Crippen molar-refractivity contribution >= 4 is 0 Å². The second kappa shape index (κ2) is 9.76. The minimum Gasteiger partial charge on any atom is -0.0776 e. The molecule has 1 rings (SSSR count). The summed E-state index contributed by atoms with van der Waals surface area (Å²) in [5.41, 5.74) is 2.89. The van der Waals surface area contributed by atoms with Crippen molar-refractivity contribution in [2.45, 2.75) is 55.9 Å². The minimum absolute atomic E-state index is 0. The molecule has 1 aromatic carbocycles. The molecule has 0 aliphatic heterocycles. The van der Waals surface area contributed by atoms with E-state index in [1.807, 2.05) is 0 Å². The molecule has 0 spiro atoms. The first-order valence-electron chi connectivity index (χ1n) is 4.80. The highest BCUT2D eigenvalue weighted by Gasteiger charge is 1.96. The van der Waals surface area contributed by atoms with Gasteiger partial charge in [-0.1, -0.05) is 67.3 Å². The van der Waals surface area contributed by atoms with Crippen molar-refractivity contribution in [3.8, 4) is 0 Å². The van der Waals surface area contributed by atoms with Crippen LogP contribution >= 0.6 is 0 Å². The molecule has 0 aromatic heterocycles. The number of hydrogen-bond donors (Lipinski definition) is 0. The summed E-state index contributed by atoms with van der Waals surface area (Å²) in [5.74, 6) is 0.762. The summed E-state index contributed by atoms with van der Waals surface area (Å²) in [7, 11) is 0. The third-order valence-corrected chi connectivity index (χ3v) is 2.08. The van der Waals surface area contributed by atoms with Gasteiger partial charge in [0, 0.05) is 0 Å². The second-order valence-corrected chi connectivity index (χ2v) is 3.77. The van der Waals surface area contributed by atoms with Gasteiger partial charge in [0.15, 0.2) is 0 Å². The van der Waals surface area contributed by atoms with Gasteiger partial charge in [0.05, 0.1) is 0 Å². The zero-order valence-corrected chi connectivity index (χ0v) is 8.30. The summed E-state index contributed by atoms with van der Waals surface area (Å²) in [4.78, 5) is 0. The Morgan fingerprint density at radius 1 is 0.867 bits per heavy atom. The first-order valence-corrected chi connectivity index (χ1v) is 4.80. The van der Waals surface area contributed by atoms with E-state index in [9.17, 15) is 0 Å². The molecule has 0 fully saturated rings. The van der Waals surface area contributed by atoms with Gasteiger partial charge in [-0.05, 0) is 29.9 Å². The van der Waals surface area contributed by atoms with Crippen molar-refractivity contribution in [3.05, 3.63) is 35.4 Å². The van der Waals surface area contributed by atoms with Crippen molar-refractivity contribution in [1.82, 2.24) is 0 Å². The minimum atomic E-state index is 0. The maximum atomic E-state index is 2.26. The molecule has 1 aromatic rings. The number of aryl methyl sites for hydroxylation is 1. The lowest BCUT2D eigenvalue weighted by molar-refractivity contribution is 0.647. The van der Waals surface area contributed by atoms with Crippen molar-refractivity contribution < 1.29 is 0 Å². The average molecular weight is 210 g/mol. The summed E-state index contributed by atoms with van der Waals surface area (Å²) in [5, 5.41) is 0. The number of hydrogen-bond acceptors (Lipinski definition) is 0. The molecule has 15 heavy (non-hydrogen) atoms. The predicted octanol–water partition coefficient (Wildman–Crippen LogP) is 5.36. The summed E-state index contributed by atoms with van der Waals surface area (Å²) in [6, 6.07) is 8.97. The van der Waals surface area contributed by atoms with Crippen LogP contribution in [0.3, 0.4) is 0 Å². The monoisotopic (exact) mass is 210 g/mol. The smallest absolute Gasteiger partial charge is 0.0256 e. The van der Waals surface area contributed by atoms with Gasteiger partial charge in [-0.25, -0.2) is 0 Å². The lowest BCUT2D eigenvalue weighted by atomic mass is 10.0. The fourth-order valence-electron chi connectivity index (χ4n) is 1.38. The molecule has 0 bridgehead atoms. The van der Waals surface area contributed by atoms with Crippen LogP contribution < -0.4 is 0 Å². The van der Waals surface area contributed by atoms with Crippen molar-refractivity contribution in [2.75, 3.05) is 0 Å². The number of rotatable bonds is 3. The summed E-state index contributed by atoms with van der Waals surface area (Å²) in [6.45, 7) is 6.71. The Morgan fingerprint density at radius 2 is 1.27 bits per heavy atom. The average Bonchev–Trinajstić information content (AvgIpc) is 2.05. The van der Waals surface area contributed by atoms with Crippen LogP contribution in [-0.2, 0) is 12.8 Å². The van der Waals surface area contributed by atoms with Gasteiger partial charge in [-0.2, -0.15) is 0 Å². The molecule has 0 heteroatoms. The van der Waals surface area contributed by atoms with Crippen LogP contribution in [0.1, 0.15) is 54.2 Å². The molecule has 0 unspecified atom stereocenters. The van der Waals surface area contributed by atoms with Gasteiger partial charge >= 0.3 is 0 Å². The molecule has 0 heterocycles. The highest BCUT2D eigenvalue weighted by molar-refractivity contribution is 5.22. The topological polar surface area (TPSA) is 0 Å². The van der Waals surface area contributed by atoms with Crippen LogP contribution in [0.2, 0.25) is 0 Å². The largest absolute Gasteiger partial charge is 0.0776 e. The number of benzene rings is 1. The standard InChI is InChI=1S/C12H18.3CH4/c1-4-11-5-7-12(8-6-11)9-10(2)3;;;/h5-8,10H,4,9H2,1-3H3;3*1H4. The predicted molar refractivity (Wildman–Crippen MR) is 74.6 cm³/mol. The van der Waals surface area contributed by atoms with Crippen LogP contribution in [0.25, 0.3) is 0 Å². The highest BCUT2D eigenvalue weighted by Crippen LogP contribution is 2.09. The molecule has 0 amide bonds. The lowest BCUT2D eigenvalue weighted by Crippen LogP contribution is -1.93. The van der Waals surface area contributed by atoms with Gasteiger partial charge < -0.3 is 0 Å². The van der Waals surface area contributed by atoms with E-state index in [2.05, 4.69) is 45.0 Å². The Kier molecular flexibility index (Phi) is 12.8. The molecule has 90 valence electrons. The molecule has 0 saturated heterocycles. The first-order chi connectivity index (χ1) is 5.72. The molecule has 0 N–H and O–H groups in total. The lowest BCUT2D eigenvalue weighted by Gasteiger charge is -2.05. The Hall–Kier alpha value is -0.780. The van der Waals surface area contributed by atoms with Crippen LogP contribution in [0.5, 0.6) is 0 Å². The Bertz CT molecular complexity index is 218. The third-order valence-electron chi connectivity index (χ3n) is 2.08. The van der Waals surface area contributed by atoms with Crippen molar-refractivity contribution in [3.63, 3.8) is 0 Å². The summed E-state index contributed by atoms with van der Waals surface area (Å²) >= 11 is 0.